The van der Waals surface area contributed by atoms with Crippen LogP contribution in [0.25, 0.3) is 22.6 Å². The maximum Gasteiger partial charge on any atom is 0.153 e. The van der Waals surface area contributed by atoms with Crippen LogP contribution in [0.1, 0.15) is 5.76 Å². The van der Waals surface area contributed by atoms with Gasteiger partial charge in [0.2, 0.25) is 0 Å². The van der Waals surface area contributed by atoms with E-state index in [4.69, 9.17) is 10.2 Å². The van der Waals surface area contributed by atoms with Gasteiger partial charge in [-0.2, -0.15) is 5.10 Å². The van der Waals surface area contributed by atoms with Crippen LogP contribution in [0.15, 0.2) is 34.7 Å². The van der Waals surface area contributed by atoms with Crippen molar-refractivity contribution in [2.75, 3.05) is 5.73 Å². The van der Waals surface area contributed by atoms with Crippen molar-refractivity contribution in [3.05, 3.63) is 47.7 Å². The number of furan rings is 1. The number of H-pyrrole nitrogens is 1. The monoisotopic (exact) mass is 275 g/mol. The molecular weight excluding hydrogens is 264 g/mol. The van der Waals surface area contributed by atoms with E-state index in [0.29, 0.717) is 22.8 Å². The van der Waals surface area contributed by atoms with Gasteiger partial charge < -0.3 is 10.2 Å². The van der Waals surface area contributed by atoms with Crippen LogP contribution in [0.4, 0.5) is 14.6 Å². The number of hydrogen-bond acceptors (Lipinski definition) is 3. The highest BCUT2D eigenvalue weighted by Gasteiger charge is 2.20. The number of halogens is 2. The van der Waals surface area contributed by atoms with Crippen LogP contribution in [0.3, 0.4) is 0 Å². The third kappa shape index (κ3) is 1.95. The van der Waals surface area contributed by atoms with Crippen molar-refractivity contribution < 1.29 is 13.2 Å². The Morgan fingerprint density at radius 2 is 2.00 bits per heavy atom. The van der Waals surface area contributed by atoms with Gasteiger partial charge >= 0.3 is 0 Å². The molecular formula is C14H11F2N3O. The number of rotatable bonds is 2. The molecule has 0 fully saturated rings. The van der Waals surface area contributed by atoms with Crippen LogP contribution >= 0.6 is 0 Å². The summed E-state index contributed by atoms with van der Waals surface area (Å²) in [6.45, 7) is 1.79. The number of aromatic nitrogens is 2. The van der Waals surface area contributed by atoms with Crippen LogP contribution in [-0.2, 0) is 0 Å². The first-order valence-corrected chi connectivity index (χ1v) is 5.92. The Hall–Kier alpha value is -2.63. The minimum absolute atomic E-state index is 0.125. The molecule has 3 aromatic rings. The maximum atomic E-state index is 13.9. The summed E-state index contributed by atoms with van der Waals surface area (Å²) in [5.74, 6) is -0.0324. The van der Waals surface area contributed by atoms with Gasteiger partial charge in [0.15, 0.2) is 11.6 Å². The lowest BCUT2D eigenvalue weighted by atomic mass is 10.0. The lowest BCUT2D eigenvalue weighted by Gasteiger charge is -2.04. The van der Waals surface area contributed by atoms with E-state index in [0.717, 1.165) is 6.07 Å². The lowest BCUT2D eigenvalue weighted by molar-refractivity contribution is 0.546. The van der Waals surface area contributed by atoms with Crippen LogP contribution in [0.2, 0.25) is 0 Å². The van der Waals surface area contributed by atoms with Crippen molar-refractivity contribution in [1.82, 2.24) is 10.2 Å². The summed E-state index contributed by atoms with van der Waals surface area (Å²) >= 11 is 0. The summed E-state index contributed by atoms with van der Waals surface area (Å²) < 4.78 is 32.4. The fourth-order valence-corrected chi connectivity index (χ4v) is 2.07. The number of nitrogen functional groups attached to an aromatic ring is 1. The molecule has 20 heavy (non-hydrogen) atoms. The Morgan fingerprint density at radius 1 is 1.20 bits per heavy atom. The van der Waals surface area contributed by atoms with E-state index in [2.05, 4.69) is 10.2 Å². The minimum Gasteiger partial charge on any atom is -0.460 e. The summed E-state index contributed by atoms with van der Waals surface area (Å²) in [5.41, 5.74) is 6.77. The molecule has 0 saturated carbocycles. The summed E-state index contributed by atoms with van der Waals surface area (Å²) in [4.78, 5) is 0. The van der Waals surface area contributed by atoms with Gasteiger partial charge in [-0.1, -0.05) is 0 Å². The Labute approximate surface area is 113 Å². The van der Waals surface area contributed by atoms with Gasteiger partial charge in [-0.05, 0) is 31.2 Å². The van der Waals surface area contributed by atoms with Crippen molar-refractivity contribution in [2.24, 2.45) is 0 Å². The van der Waals surface area contributed by atoms with E-state index < -0.39 is 11.6 Å². The smallest absolute Gasteiger partial charge is 0.153 e. The number of aromatic amines is 1. The molecule has 0 aliphatic carbocycles. The average Bonchev–Trinajstić information content (AvgIpc) is 2.96. The summed E-state index contributed by atoms with van der Waals surface area (Å²) in [6.07, 6.45) is 0. The highest BCUT2D eigenvalue weighted by molar-refractivity contribution is 5.86. The summed E-state index contributed by atoms with van der Waals surface area (Å²) in [5, 5.41) is 6.59. The molecule has 0 aliphatic rings. The van der Waals surface area contributed by atoms with Gasteiger partial charge in [-0.15, -0.1) is 0 Å². The zero-order chi connectivity index (χ0) is 14.3. The maximum absolute atomic E-state index is 13.9. The topological polar surface area (TPSA) is 67.8 Å². The first-order chi connectivity index (χ1) is 9.56. The number of anilines is 1. The molecule has 0 bridgehead atoms. The highest BCUT2D eigenvalue weighted by atomic mass is 19.1. The van der Waals surface area contributed by atoms with E-state index in [9.17, 15) is 8.78 Å². The van der Waals surface area contributed by atoms with Crippen molar-refractivity contribution in [2.45, 2.75) is 6.92 Å². The second-order valence-electron chi connectivity index (χ2n) is 4.39. The molecule has 3 rings (SSSR count). The average molecular weight is 275 g/mol. The van der Waals surface area contributed by atoms with Crippen molar-refractivity contribution in [1.29, 1.82) is 0 Å². The van der Waals surface area contributed by atoms with Crippen molar-refractivity contribution in [3.8, 4) is 22.6 Å². The standard InChI is InChI=1S/C14H11F2N3O/c1-7-2-5-11(20-7)13-12(14(17)19-18-13)9-4-3-8(15)6-10(9)16/h2-6H,1H3,(H3,17,18,19). The zero-order valence-corrected chi connectivity index (χ0v) is 10.6. The third-order valence-electron chi connectivity index (χ3n) is 2.98. The molecule has 4 nitrogen and oxygen atoms in total. The molecule has 2 heterocycles. The molecule has 0 amide bonds. The number of benzene rings is 1. The first kappa shape index (κ1) is 12.4. The normalized spacial score (nSPS) is 10.9. The molecule has 1 aromatic carbocycles. The zero-order valence-electron chi connectivity index (χ0n) is 10.6. The molecule has 0 radical (unpaired) electrons. The Morgan fingerprint density at radius 3 is 2.65 bits per heavy atom. The van der Waals surface area contributed by atoms with Crippen molar-refractivity contribution in [3.63, 3.8) is 0 Å². The fraction of sp³-hybridized carbons (Fsp3) is 0.0714. The third-order valence-corrected chi connectivity index (χ3v) is 2.98. The Balaban J connectivity index is 2.21. The van der Waals surface area contributed by atoms with Gasteiger partial charge in [0, 0.05) is 11.6 Å². The summed E-state index contributed by atoms with van der Waals surface area (Å²) in [7, 11) is 0. The fourth-order valence-electron chi connectivity index (χ4n) is 2.07. The van der Waals surface area contributed by atoms with E-state index in [1.165, 1.54) is 12.1 Å². The number of nitrogens with zero attached hydrogens (tertiary/aromatic N) is 1. The molecule has 0 saturated heterocycles. The molecule has 0 spiro atoms. The van der Waals surface area contributed by atoms with E-state index in [1.807, 2.05) is 0 Å². The predicted octanol–water partition coefficient (Wildman–Crippen LogP) is 3.51. The molecule has 0 atom stereocenters. The first-order valence-electron chi connectivity index (χ1n) is 5.92. The van der Waals surface area contributed by atoms with Gasteiger partial charge in [0.1, 0.15) is 23.1 Å². The number of nitrogens with one attached hydrogen (secondary N) is 1. The van der Waals surface area contributed by atoms with Crippen LogP contribution in [0.5, 0.6) is 0 Å². The largest absolute Gasteiger partial charge is 0.460 e. The van der Waals surface area contributed by atoms with E-state index in [-0.39, 0.29) is 11.4 Å². The van der Waals surface area contributed by atoms with Gasteiger partial charge in [0.25, 0.3) is 0 Å². The SMILES string of the molecule is Cc1ccc(-c2[nH]nc(N)c2-c2ccc(F)cc2F)o1. The van der Waals surface area contributed by atoms with Gasteiger partial charge in [-0.25, -0.2) is 8.78 Å². The van der Waals surface area contributed by atoms with Gasteiger partial charge in [-0.3, -0.25) is 5.10 Å². The van der Waals surface area contributed by atoms with E-state index >= 15 is 0 Å². The van der Waals surface area contributed by atoms with Crippen molar-refractivity contribution >= 4 is 5.82 Å². The van der Waals surface area contributed by atoms with E-state index in [1.54, 1.807) is 19.1 Å². The second-order valence-corrected chi connectivity index (χ2v) is 4.39. The predicted molar refractivity (Wildman–Crippen MR) is 70.8 cm³/mol. The van der Waals surface area contributed by atoms with Crippen LogP contribution in [-0.4, -0.2) is 10.2 Å². The minimum atomic E-state index is -0.706. The number of aryl methyl sites for hydroxylation is 1. The quantitative estimate of drug-likeness (QED) is 0.752. The molecule has 6 heteroatoms. The lowest BCUT2D eigenvalue weighted by Crippen LogP contribution is -1.92. The highest BCUT2D eigenvalue weighted by Crippen LogP contribution is 2.36. The number of hydrogen-bond donors (Lipinski definition) is 2. The molecule has 0 aliphatic heterocycles. The Kier molecular flexibility index (Phi) is 2.78. The van der Waals surface area contributed by atoms with Crippen LogP contribution < -0.4 is 5.73 Å². The summed E-state index contributed by atoms with van der Waals surface area (Å²) in [6, 6.07) is 6.80. The molecule has 102 valence electrons. The second kappa shape index (κ2) is 4.48. The molecule has 3 N–H and O–H groups in total. The number of nitrogens with two attached hydrogens (primary N) is 1. The van der Waals surface area contributed by atoms with Crippen LogP contribution in [0, 0.1) is 18.6 Å². The van der Waals surface area contributed by atoms with Gasteiger partial charge in [0.05, 0.1) is 5.56 Å². The molecule has 2 aromatic heterocycles. The Bertz CT molecular complexity index is 777. The molecule has 0 unspecified atom stereocenters.